The first kappa shape index (κ1) is 9.93. The predicted molar refractivity (Wildman–Crippen MR) is 58.0 cm³/mol. The van der Waals surface area contributed by atoms with E-state index < -0.39 is 12.0 Å². The highest BCUT2D eigenvalue weighted by Crippen LogP contribution is 2.32. The summed E-state index contributed by atoms with van der Waals surface area (Å²) in [7, 11) is 0. The molecule has 2 rings (SSSR count). The number of primary amides is 1. The van der Waals surface area contributed by atoms with Crippen LogP contribution in [0.15, 0.2) is 24.8 Å². The average molecular weight is 203 g/mol. The molecule has 0 saturated heterocycles. The number of amides is 1. The summed E-state index contributed by atoms with van der Waals surface area (Å²) < 4.78 is 0. The Labute approximate surface area is 88.2 Å². The van der Waals surface area contributed by atoms with E-state index in [2.05, 4.69) is 6.58 Å². The number of aryl methyl sites for hydroxylation is 1. The molecule has 15 heavy (non-hydrogen) atoms. The zero-order valence-corrected chi connectivity index (χ0v) is 8.36. The van der Waals surface area contributed by atoms with Gasteiger partial charge in [-0.2, -0.15) is 0 Å². The van der Waals surface area contributed by atoms with Crippen LogP contribution in [0.5, 0.6) is 0 Å². The van der Waals surface area contributed by atoms with Gasteiger partial charge < -0.3 is 10.8 Å². The molecule has 0 heterocycles. The van der Waals surface area contributed by atoms with Gasteiger partial charge in [0.1, 0.15) is 0 Å². The topological polar surface area (TPSA) is 63.3 Å². The standard InChI is InChI=1S/C12H13NO2/c1-7(12(13)15)9-3-2-8-4-5-11(14)10(8)6-9/h2-3,6,11,14H,1,4-5H2,(H2,13,15). The fraction of sp³-hybridized carbons (Fsp3) is 0.250. The molecule has 78 valence electrons. The number of hydrogen-bond donors (Lipinski definition) is 2. The molecule has 3 nitrogen and oxygen atoms in total. The maximum Gasteiger partial charge on any atom is 0.248 e. The molecular weight excluding hydrogens is 190 g/mol. The van der Waals surface area contributed by atoms with Crippen molar-refractivity contribution in [2.75, 3.05) is 0 Å². The largest absolute Gasteiger partial charge is 0.388 e. The second-order valence-electron chi connectivity index (χ2n) is 3.81. The van der Waals surface area contributed by atoms with Crippen LogP contribution in [0.1, 0.15) is 29.2 Å². The van der Waals surface area contributed by atoms with E-state index in [0.717, 1.165) is 24.0 Å². The Bertz CT molecular complexity index is 437. The minimum absolute atomic E-state index is 0.289. The van der Waals surface area contributed by atoms with E-state index in [1.54, 1.807) is 6.07 Å². The van der Waals surface area contributed by atoms with Crippen molar-refractivity contribution in [1.82, 2.24) is 0 Å². The van der Waals surface area contributed by atoms with Crippen LogP contribution in [0.2, 0.25) is 0 Å². The van der Waals surface area contributed by atoms with Crippen LogP contribution in [0.3, 0.4) is 0 Å². The van der Waals surface area contributed by atoms with E-state index >= 15 is 0 Å². The van der Waals surface area contributed by atoms with Gasteiger partial charge in [-0.15, -0.1) is 0 Å². The summed E-state index contributed by atoms with van der Waals surface area (Å²) in [6.07, 6.45) is 1.22. The minimum atomic E-state index is -0.526. The van der Waals surface area contributed by atoms with Crippen molar-refractivity contribution >= 4 is 11.5 Å². The fourth-order valence-electron chi connectivity index (χ4n) is 1.91. The number of benzene rings is 1. The summed E-state index contributed by atoms with van der Waals surface area (Å²) in [4.78, 5) is 10.9. The molecule has 1 amide bonds. The quantitative estimate of drug-likeness (QED) is 0.708. The van der Waals surface area contributed by atoms with E-state index in [9.17, 15) is 9.90 Å². The number of aliphatic hydroxyl groups is 1. The van der Waals surface area contributed by atoms with Gasteiger partial charge in [0.2, 0.25) is 5.91 Å². The predicted octanol–water partition coefficient (Wildman–Crippen LogP) is 1.16. The molecule has 0 aromatic heterocycles. The highest BCUT2D eigenvalue weighted by atomic mass is 16.3. The second kappa shape index (κ2) is 3.51. The van der Waals surface area contributed by atoms with Crippen molar-refractivity contribution in [2.45, 2.75) is 18.9 Å². The lowest BCUT2D eigenvalue weighted by atomic mass is 10.0. The number of rotatable bonds is 2. The number of carbonyl (C=O) groups excluding carboxylic acids is 1. The Hall–Kier alpha value is -1.61. The SMILES string of the molecule is C=C(C(N)=O)c1ccc2c(c1)C(O)CC2. The molecule has 1 aliphatic rings. The highest BCUT2D eigenvalue weighted by Gasteiger charge is 2.20. The van der Waals surface area contributed by atoms with E-state index in [4.69, 9.17) is 5.73 Å². The van der Waals surface area contributed by atoms with Gasteiger partial charge in [-0.3, -0.25) is 4.79 Å². The molecule has 1 aromatic rings. The molecule has 0 aliphatic heterocycles. The number of aliphatic hydroxyl groups excluding tert-OH is 1. The molecule has 1 atom stereocenters. The Morgan fingerprint density at radius 3 is 2.93 bits per heavy atom. The van der Waals surface area contributed by atoms with Gasteiger partial charge in [0.05, 0.1) is 6.10 Å². The van der Waals surface area contributed by atoms with Gasteiger partial charge in [0, 0.05) is 5.57 Å². The van der Waals surface area contributed by atoms with Crippen molar-refractivity contribution in [2.24, 2.45) is 5.73 Å². The second-order valence-corrected chi connectivity index (χ2v) is 3.81. The molecule has 3 N–H and O–H groups in total. The van der Waals surface area contributed by atoms with Gasteiger partial charge in [0.25, 0.3) is 0 Å². The summed E-state index contributed by atoms with van der Waals surface area (Å²) in [5.74, 6) is -0.526. The summed E-state index contributed by atoms with van der Waals surface area (Å²) in [6, 6.07) is 5.55. The van der Waals surface area contributed by atoms with E-state index in [-0.39, 0.29) is 5.57 Å². The summed E-state index contributed by atoms with van der Waals surface area (Å²) in [5, 5.41) is 9.68. The van der Waals surface area contributed by atoms with Crippen molar-refractivity contribution in [3.63, 3.8) is 0 Å². The third-order valence-corrected chi connectivity index (χ3v) is 2.84. The van der Waals surface area contributed by atoms with Crippen LogP contribution in [-0.2, 0) is 11.2 Å². The first-order valence-corrected chi connectivity index (χ1v) is 4.89. The highest BCUT2D eigenvalue weighted by molar-refractivity contribution is 6.17. The zero-order chi connectivity index (χ0) is 11.0. The molecular formula is C12H13NO2. The Morgan fingerprint density at radius 1 is 1.53 bits per heavy atom. The fourth-order valence-corrected chi connectivity index (χ4v) is 1.91. The molecule has 1 aromatic carbocycles. The molecule has 0 bridgehead atoms. The van der Waals surface area contributed by atoms with Gasteiger partial charge in [0.15, 0.2) is 0 Å². The summed E-state index contributed by atoms with van der Waals surface area (Å²) in [6.45, 7) is 3.62. The van der Waals surface area contributed by atoms with Crippen molar-refractivity contribution in [1.29, 1.82) is 0 Å². The molecule has 0 fully saturated rings. The van der Waals surface area contributed by atoms with E-state index in [0.29, 0.717) is 5.56 Å². The molecule has 3 heteroatoms. The number of hydrogen-bond acceptors (Lipinski definition) is 2. The minimum Gasteiger partial charge on any atom is -0.388 e. The smallest absolute Gasteiger partial charge is 0.248 e. The van der Waals surface area contributed by atoms with Crippen molar-refractivity contribution in [3.8, 4) is 0 Å². The average Bonchev–Trinajstić information content (AvgIpc) is 2.59. The van der Waals surface area contributed by atoms with Gasteiger partial charge in [-0.05, 0) is 35.6 Å². The van der Waals surface area contributed by atoms with Crippen molar-refractivity contribution in [3.05, 3.63) is 41.5 Å². The monoisotopic (exact) mass is 203 g/mol. The van der Waals surface area contributed by atoms with Crippen LogP contribution in [-0.4, -0.2) is 11.0 Å². The zero-order valence-electron chi connectivity index (χ0n) is 8.36. The lowest BCUT2D eigenvalue weighted by molar-refractivity contribution is -0.112. The Balaban J connectivity index is 2.41. The van der Waals surface area contributed by atoms with Crippen LogP contribution < -0.4 is 5.73 Å². The lowest BCUT2D eigenvalue weighted by Gasteiger charge is -2.07. The van der Waals surface area contributed by atoms with Gasteiger partial charge in [-0.25, -0.2) is 0 Å². The van der Waals surface area contributed by atoms with Crippen molar-refractivity contribution < 1.29 is 9.90 Å². The maximum absolute atomic E-state index is 10.9. The van der Waals surface area contributed by atoms with E-state index in [1.807, 2.05) is 12.1 Å². The van der Waals surface area contributed by atoms with Crippen LogP contribution in [0.4, 0.5) is 0 Å². The number of carbonyl (C=O) groups is 1. The van der Waals surface area contributed by atoms with Crippen LogP contribution in [0, 0.1) is 0 Å². The normalized spacial score (nSPS) is 18.6. The first-order chi connectivity index (χ1) is 7.09. The van der Waals surface area contributed by atoms with Gasteiger partial charge in [-0.1, -0.05) is 18.7 Å². The summed E-state index contributed by atoms with van der Waals surface area (Å²) >= 11 is 0. The first-order valence-electron chi connectivity index (χ1n) is 4.89. The summed E-state index contributed by atoms with van der Waals surface area (Å²) in [5.41, 5.74) is 8.17. The lowest BCUT2D eigenvalue weighted by Crippen LogP contribution is -2.12. The molecule has 0 saturated carbocycles. The van der Waals surface area contributed by atoms with Gasteiger partial charge >= 0.3 is 0 Å². The third-order valence-electron chi connectivity index (χ3n) is 2.84. The third kappa shape index (κ3) is 1.66. The van der Waals surface area contributed by atoms with Crippen LogP contribution in [0.25, 0.3) is 5.57 Å². The number of nitrogens with two attached hydrogens (primary N) is 1. The Morgan fingerprint density at radius 2 is 2.27 bits per heavy atom. The van der Waals surface area contributed by atoms with Crippen LogP contribution >= 0.6 is 0 Å². The molecule has 0 spiro atoms. The molecule has 1 unspecified atom stereocenters. The number of fused-ring (bicyclic) bond motifs is 1. The molecule has 1 aliphatic carbocycles. The molecule has 0 radical (unpaired) electrons. The Kier molecular flexibility index (Phi) is 2.32. The van der Waals surface area contributed by atoms with E-state index in [1.165, 1.54) is 0 Å². The maximum atomic E-state index is 10.9.